The van der Waals surface area contributed by atoms with Crippen LogP contribution in [-0.2, 0) is 13.6 Å². The van der Waals surface area contributed by atoms with Crippen molar-refractivity contribution in [1.82, 2.24) is 9.13 Å². The summed E-state index contributed by atoms with van der Waals surface area (Å²) < 4.78 is 3.20. The number of aromatic nitrogens is 2. The van der Waals surface area contributed by atoms with E-state index < -0.39 is 0 Å². The number of rotatable bonds is 3. The highest BCUT2D eigenvalue weighted by molar-refractivity contribution is 5.86. The zero-order valence-electron chi connectivity index (χ0n) is 11.4. The van der Waals surface area contributed by atoms with Crippen LogP contribution >= 0.6 is 0 Å². The second kappa shape index (κ2) is 4.98. The van der Waals surface area contributed by atoms with Crippen LogP contribution in [0.25, 0.3) is 10.8 Å². The summed E-state index contributed by atoms with van der Waals surface area (Å²) in [5.74, 6) is 0. The minimum absolute atomic E-state index is 0.0410. The molecular weight excluding hydrogens is 250 g/mol. The maximum absolute atomic E-state index is 11.9. The van der Waals surface area contributed by atoms with Gasteiger partial charge in [-0.25, -0.2) is 4.79 Å². The topological polar surface area (TPSA) is 52.9 Å². The van der Waals surface area contributed by atoms with Gasteiger partial charge in [0.1, 0.15) is 0 Å². The molecule has 0 spiro atoms. The average molecular weight is 267 g/mol. The number of imidazole rings is 1. The van der Waals surface area contributed by atoms with Gasteiger partial charge in [0.2, 0.25) is 0 Å². The van der Waals surface area contributed by atoms with Gasteiger partial charge in [-0.2, -0.15) is 0 Å². The molecule has 4 nitrogen and oxygen atoms in total. The Morgan fingerprint density at radius 2 is 1.85 bits per heavy atom. The van der Waals surface area contributed by atoms with E-state index in [4.69, 9.17) is 5.73 Å². The maximum Gasteiger partial charge on any atom is 0.327 e. The molecule has 0 aliphatic heterocycles. The lowest BCUT2D eigenvalue weighted by molar-refractivity contribution is 0.557. The Kier molecular flexibility index (Phi) is 3.16. The SMILES string of the molecule is Cn1ccn(CC(N)c2cccc3ccccc23)c1=O. The first-order valence-corrected chi connectivity index (χ1v) is 6.62. The van der Waals surface area contributed by atoms with E-state index in [-0.39, 0.29) is 11.7 Å². The summed E-state index contributed by atoms with van der Waals surface area (Å²) >= 11 is 0. The van der Waals surface area contributed by atoms with Gasteiger partial charge in [0, 0.05) is 32.0 Å². The van der Waals surface area contributed by atoms with Crippen molar-refractivity contribution < 1.29 is 0 Å². The number of fused-ring (bicyclic) bond motifs is 1. The molecule has 3 aromatic rings. The van der Waals surface area contributed by atoms with Crippen LogP contribution in [0.5, 0.6) is 0 Å². The molecule has 102 valence electrons. The van der Waals surface area contributed by atoms with Gasteiger partial charge in [0.15, 0.2) is 0 Å². The third kappa shape index (κ3) is 2.14. The van der Waals surface area contributed by atoms with Crippen LogP contribution < -0.4 is 11.4 Å². The maximum atomic E-state index is 11.9. The number of hydrogen-bond donors (Lipinski definition) is 1. The molecule has 0 aliphatic rings. The standard InChI is InChI=1S/C16H17N3O/c1-18-9-10-19(16(18)20)11-15(17)14-8-4-6-12-5-2-3-7-13(12)14/h2-10,15H,11,17H2,1H3. The van der Waals surface area contributed by atoms with Crippen molar-refractivity contribution in [2.75, 3.05) is 0 Å². The van der Waals surface area contributed by atoms with Crippen LogP contribution in [0.2, 0.25) is 0 Å². The van der Waals surface area contributed by atoms with Crippen LogP contribution in [0.15, 0.2) is 59.7 Å². The molecule has 0 saturated heterocycles. The summed E-state index contributed by atoms with van der Waals surface area (Å²) in [6.07, 6.45) is 3.52. The van der Waals surface area contributed by atoms with Gasteiger partial charge in [-0.1, -0.05) is 42.5 Å². The fraction of sp³-hybridized carbons (Fsp3) is 0.188. The van der Waals surface area contributed by atoms with Crippen LogP contribution in [0.1, 0.15) is 11.6 Å². The van der Waals surface area contributed by atoms with E-state index in [1.807, 2.05) is 24.3 Å². The van der Waals surface area contributed by atoms with E-state index >= 15 is 0 Å². The number of nitrogens with zero attached hydrogens (tertiary/aromatic N) is 2. The fourth-order valence-electron chi connectivity index (χ4n) is 2.53. The molecule has 2 N–H and O–H groups in total. The summed E-state index contributed by atoms with van der Waals surface area (Å²) in [6.45, 7) is 0.480. The van der Waals surface area contributed by atoms with Crippen molar-refractivity contribution in [1.29, 1.82) is 0 Å². The number of hydrogen-bond acceptors (Lipinski definition) is 2. The zero-order chi connectivity index (χ0) is 14.1. The molecular formula is C16H17N3O. The largest absolute Gasteiger partial charge is 0.327 e. The molecule has 4 heteroatoms. The minimum atomic E-state index is -0.207. The van der Waals surface area contributed by atoms with Crippen molar-refractivity contribution >= 4 is 10.8 Å². The lowest BCUT2D eigenvalue weighted by Gasteiger charge is -2.15. The van der Waals surface area contributed by atoms with E-state index in [0.29, 0.717) is 6.54 Å². The molecule has 0 saturated carbocycles. The lowest BCUT2D eigenvalue weighted by atomic mass is 9.99. The van der Waals surface area contributed by atoms with Crippen molar-refractivity contribution in [3.63, 3.8) is 0 Å². The molecule has 0 aliphatic carbocycles. The van der Waals surface area contributed by atoms with Gasteiger partial charge in [-0.15, -0.1) is 0 Å². The molecule has 1 aromatic heterocycles. The molecule has 2 aromatic carbocycles. The molecule has 0 fully saturated rings. The molecule has 20 heavy (non-hydrogen) atoms. The third-order valence-corrected chi connectivity index (χ3v) is 3.63. The second-order valence-corrected chi connectivity index (χ2v) is 5.02. The number of aryl methyl sites for hydroxylation is 1. The minimum Gasteiger partial charge on any atom is -0.322 e. The van der Waals surface area contributed by atoms with Crippen molar-refractivity contribution in [3.05, 3.63) is 70.9 Å². The highest BCUT2D eigenvalue weighted by atomic mass is 16.1. The van der Waals surface area contributed by atoms with Gasteiger partial charge in [0.05, 0.1) is 0 Å². The van der Waals surface area contributed by atoms with E-state index in [0.717, 1.165) is 10.9 Å². The van der Waals surface area contributed by atoms with Crippen LogP contribution in [0, 0.1) is 0 Å². The Balaban J connectivity index is 1.99. The highest BCUT2D eigenvalue weighted by Crippen LogP contribution is 2.23. The fourth-order valence-corrected chi connectivity index (χ4v) is 2.53. The van der Waals surface area contributed by atoms with E-state index in [1.54, 1.807) is 28.6 Å². The van der Waals surface area contributed by atoms with Gasteiger partial charge < -0.3 is 10.3 Å². The normalized spacial score (nSPS) is 12.7. The average Bonchev–Trinajstić information content (AvgIpc) is 2.78. The molecule has 1 atom stereocenters. The zero-order valence-corrected chi connectivity index (χ0v) is 11.4. The first-order chi connectivity index (χ1) is 9.66. The van der Waals surface area contributed by atoms with Gasteiger partial charge in [-0.3, -0.25) is 4.57 Å². The molecule has 1 heterocycles. The summed E-state index contributed by atoms with van der Waals surface area (Å²) in [6, 6.07) is 14.1. The summed E-state index contributed by atoms with van der Waals surface area (Å²) in [5.41, 5.74) is 7.33. The third-order valence-electron chi connectivity index (χ3n) is 3.63. The number of benzene rings is 2. The summed E-state index contributed by atoms with van der Waals surface area (Å²) in [4.78, 5) is 11.9. The quantitative estimate of drug-likeness (QED) is 0.789. The highest BCUT2D eigenvalue weighted by Gasteiger charge is 2.11. The van der Waals surface area contributed by atoms with Crippen LogP contribution in [0.3, 0.4) is 0 Å². The predicted octanol–water partition coefficient (Wildman–Crippen LogP) is 2.04. The summed E-state index contributed by atoms with van der Waals surface area (Å²) in [7, 11) is 1.74. The Labute approximate surface area is 117 Å². The Morgan fingerprint density at radius 1 is 1.10 bits per heavy atom. The van der Waals surface area contributed by atoms with Crippen molar-refractivity contribution in [2.24, 2.45) is 12.8 Å². The van der Waals surface area contributed by atoms with Gasteiger partial charge in [-0.05, 0) is 16.3 Å². The summed E-state index contributed by atoms with van der Waals surface area (Å²) in [5, 5.41) is 2.31. The Morgan fingerprint density at radius 3 is 2.60 bits per heavy atom. The van der Waals surface area contributed by atoms with E-state index in [1.165, 1.54) is 5.39 Å². The molecule has 1 unspecified atom stereocenters. The molecule has 0 radical (unpaired) electrons. The van der Waals surface area contributed by atoms with E-state index in [2.05, 4.69) is 18.2 Å². The predicted molar refractivity (Wildman–Crippen MR) is 80.5 cm³/mol. The number of nitrogens with two attached hydrogens (primary N) is 1. The molecule has 3 rings (SSSR count). The first-order valence-electron chi connectivity index (χ1n) is 6.62. The van der Waals surface area contributed by atoms with Crippen molar-refractivity contribution in [3.8, 4) is 0 Å². The Hall–Kier alpha value is -2.33. The lowest BCUT2D eigenvalue weighted by Crippen LogP contribution is -2.27. The Bertz CT molecular complexity index is 795. The van der Waals surface area contributed by atoms with Gasteiger partial charge in [0.25, 0.3) is 0 Å². The second-order valence-electron chi connectivity index (χ2n) is 5.02. The van der Waals surface area contributed by atoms with E-state index in [9.17, 15) is 4.79 Å². The first kappa shape index (κ1) is 12.7. The van der Waals surface area contributed by atoms with Crippen LogP contribution in [-0.4, -0.2) is 9.13 Å². The van der Waals surface area contributed by atoms with Crippen molar-refractivity contribution in [2.45, 2.75) is 12.6 Å². The van der Waals surface area contributed by atoms with Crippen LogP contribution in [0.4, 0.5) is 0 Å². The monoisotopic (exact) mass is 267 g/mol. The molecule has 0 amide bonds. The smallest absolute Gasteiger partial charge is 0.322 e. The molecule has 0 bridgehead atoms. The van der Waals surface area contributed by atoms with Gasteiger partial charge >= 0.3 is 5.69 Å².